The molecule has 0 amide bonds. The van der Waals surface area contributed by atoms with Crippen LogP contribution in [0.5, 0.6) is 5.75 Å². The number of fused-ring (bicyclic) bond motifs is 1. The topological polar surface area (TPSA) is 24.5 Å². The first-order valence-corrected chi connectivity index (χ1v) is 6.55. The van der Waals surface area contributed by atoms with Gasteiger partial charge in [-0.1, -0.05) is 31.2 Å². The Labute approximate surface area is 109 Å². The highest BCUT2D eigenvalue weighted by molar-refractivity contribution is 5.57. The van der Waals surface area contributed by atoms with Crippen LogP contribution in [-0.2, 0) is 0 Å². The highest BCUT2D eigenvalue weighted by Gasteiger charge is 2.20. The molecule has 1 aromatic carbocycles. The summed E-state index contributed by atoms with van der Waals surface area (Å²) in [5, 5.41) is 3.42. The lowest BCUT2D eigenvalue weighted by Crippen LogP contribution is -2.42. The average Bonchev–Trinajstić information content (AvgIpc) is 2.37. The van der Waals surface area contributed by atoms with Gasteiger partial charge in [0.2, 0.25) is 0 Å². The van der Waals surface area contributed by atoms with Gasteiger partial charge in [-0.25, -0.2) is 0 Å². The summed E-state index contributed by atoms with van der Waals surface area (Å²) in [7, 11) is 0. The lowest BCUT2D eigenvalue weighted by Gasteiger charge is -2.31. The molecule has 0 fully saturated rings. The fourth-order valence-electron chi connectivity index (χ4n) is 2.24. The molecule has 0 aliphatic carbocycles. The quantitative estimate of drug-likeness (QED) is 0.809. The number of rotatable bonds is 5. The highest BCUT2D eigenvalue weighted by atomic mass is 16.5. The maximum absolute atomic E-state index is 6.01. The van der Waals surface area contributed by atoms with Crippen LogP contribution in [0.4, 0.5) is 5.69 Å². The van der Waals surface area contributed by atoms with Crippen molar-refractivity contribution in [3.63, 3.8) is 0 Å². The van der Waals surface area contributed by atoms with E-state index >= 15 is 0 Å². The van der Waals surface area contributed by atoms with Gasteiger partial charge in [-0.3, -0.25) is 4.90 Å². The number of para-hydroxylation sites is 2. The van der Waals surface area contributed by atoms with E-state index in [1.54, 1.807) is 0 Å². The SMILES string of the molecule is C=C(C)CN(CC)CC1CNc2ccccc2O1. The van der Waals surface area contributed by atoms with Gasteiger partial charge in [0.15, 0.2) is 0 Å². The Morgan fingerprint density at radius 1 is 1.50 bits per heavy atom. The fraction of sp³-hybridized carbons (Fsp3) is 0.467. The van der Waals surface area contributed by atoms with Crippen molar-refractivity contribution >= 4 is 5.69 Å². The molecule has 0 aromatic heterocycles. The maximum atomic E-state index is 6.01. The van der Waals surface area contributed by atoms with Gasteiger partial charge in [0, 0.05) is 13.1 Å². The summed E-state index contributed by atoms with van der Waals surface area (Å²) in [5.41, 5.74) is 2.29. The van der Waals surface area contributed by atoms with Gasteiger partial charge < -0.3 is 10.1 Å². The first-order valence-electron chi connectivity index (χ1n) is 6.55. The van der Waals surface area contributed by atoms with E-state index in [1.807, 2.05) is 18.2 Å². The standard InChI is InChI=1S/C15H22N2O/c1-4-17(10-12(2)3)11-13-9-16-14-7-5-6-8-15(14)18-13/h5-8,13,16H,2,4,9-11H2,1,3H3. The van der Waals surface area contributed by atoms with Gasteiger partial charge in [-0.15, -0.1) is 0 Å². The molecule has 0 spiro atoms. The third-order valence-corrected chi connectivity index (χ3v) is 3.10. The molecule has 98 valence electrons. The van der Waals surface area contributed by atoms with Crippen molar-refractivity contribution < 1.29 is 4.74 Å². The molecule has 18 heavy (non-hydrogen) atoms. The number of hydrogen-bond donors (Lipinski definition) is 1. The molecule has 1 N–H and O–H groups in total. The second-order valence-corrected chi connectivity index (χ2v) is 4.90. The Morgan fingerprint density at radius 3 is 3.00 bits per heavy atom. The zero-order valence-electron chi connectivity index (χ0n) is 11.3. The second-order valence-electron chi connectivity index (χ2n) is 4.90. The summed E-state index contributed by atoms with van der Waals surface area (Å²) in [6, 6.07) is 8.10. The average molecular weight is 246 g/mol. The molecule has 1 aromatic rings. The van der Waals surface area contributed by atoms with Crippen molar-refractivity contribution in [1.29, 1.82) is 0 Å². The van der Waals surface area contributed by atoms with Crippen LogP contribution in [0.25, 0.3) is 0 Å². The van der Waals surface area contributed by atoms with Crippen LogP contribution in [0.1, 0.15) is 13.8 Å². The first kappa shape index (κ1) is 13.0. The summed E-state index contributed by atoms with van der Waals surface area (Å²) in [6.07, 6.45) is 0.208. The summed E-state index contributed by atoms with van der Waals surface area (Å²) < 4.78 is 6.01. The van der Waals surface area contributed by atoms with E-state index in [9.17, 15) is 0 Å². The molecular formula is C15H22N2O. The van der Waals surface area contributed by atoms with E-state index in [2.05, 4.69) is 36.7 Å². The molecule has 3 heteroatoms. The highest BCUT2D eigenvalue weighted by Crippen LogP contribution is 2.28. The van der Waals surface area contributed by atoms with Crippen LogP contribution < -0.4 is 10.1 Å². The predicted molar refractivity (Wildman–Crippen MR) is 76.3 cm³/mol. The van der Waals surface area contributed by atoms with Crippen molar-refractivity contribution in [2.45, 2.75) is 20.0 Å². The largest absolute Gasteiger partial charge is 0.485 e. The van der Waals surface area contributed by atoms with Gasteiger partial charge in [0.1, 0.15) is 11.9 Å². The molecule has 1 heterocycles. The van der Waals surface area contributed by atoms with E-state index < -0.39 is 0 Å². The number of likely N-dealkylation sites (N-methyl/N-ethyl adjacent to an activating group) is 1. The Hall–Kier alpha value is -1.48. The molecule has 1 unspecified atom stereocenters. The van der Waals surface area contributed by atoms with E-state index in [1.165, 1.54) is 5.57 Å². The van der Waals surface area contributed by atoms with E-state index in [0.29, 0.717) is 0 Å². The van der Waals surface area contributed by atoms with E-state index in [4.69, 9.17) is 4.74 Å². The van der Waals surface area contributed by atoms with Gasteiger partial charge in [-0.2, -0.15) is 0 Å². The van der Waals surface area contributed by atoms with Gasteiger partial charge in [0.25, 0.3) is 0 Å². The Morgan fingerprint density at radius 2 is 2.28 bits per heavy atom. The number of hydrogen-bond acceptors (Lipinski definition) is 3. The van der Waals surface area contributed by atoms with Crippen LogP contribution in [0, 0.1) is 0 Å². The van der Waals surface area contributed by atoms with Gasteiger partial charge in [-0.05, 0) is 25.6 Å². The van der Waals surface area contributed by atoms with Crippen molar-refractivity contribution in [1.82, 2.24) is 4.90 Å². The summed E-state index contributed by atoms with van der Waals surface area (Å²) in [5.74, 6) is 0.958. The number of ether oxygens (including phenoxy) is 1. The third kappa shape index (κ3) is 3.26. The Balaban J connectivity index is 1.94. The minimum atomic E-state index is 0.208. The number of benzene rings is 1. The zero-order chi connectivity index (χ0) is 13.0. The van der Waals surface area contributed by atoms with E-state index in [-0.39, 0.29) is 6.10 Å². The van der Waals surface area contributed by atoms with Crippen molar-refractivity contribution in [2.24, 2.45) is 0 Å². The minimum absolute atomic E-state index is 0.208. The molecule has 0 saturated carbocycles. The van der Waals surface area contributed by atoms with Gasteiger partial charge in [0.05, 0.1) is 12.2 Å². The molecule has 3 nitrogen and oxygen atoms in total. The molecular weight excluding hydrogens is 224 g/mol. The number of anilines is 1. The normalized spacial score (nSPS) is 17.8. The van der Waals surface area contributed by atoms with E-state index in [0.717, 1.165) is 37.6 Å². The Kier molecular flexibility index (Phi) is 4.26. The summed E-state index contributed by atoms with van der Waals surface area (Å²) in [4.78, 5) is 2.36. The van der Waals surface area contributed by atoms with Crippen molar-refractivity contribution in [2.75, 3.05) is 31.5 Å². The molecule has 1 aliphatic rings. The number of nitrogens with zero attached hydrogens (tertiary/aromatic N) is 1. The second kappa shape index (κ2) is 5.91. The van der Waals surface area contributed by atoms with Crippen LogP contribution in [0.3, 0.4) is 0 Å². The van der Waals surface area contributed by atoms with Crippen molar-refractivity contribution in [3.8, 4) is 5.75 Å². The summed E-state index contributed by atoms with van der Waals surface area (Å²) in [6.45, 7) is 12.0. The third-order valence-electron chi connectivity index (χ3n) is 3.10. The van der Waals surface area contributed by atoms with Gasteiger partial charge >= 0.3 is 0 Å². The molecule has 0 bridgehead atoms. The molecule has 1 atom stereocenters. The molecule has 0 saturated heterocycles. The molecule has 0 radical (unpaired) electrons. The minimum Gasteiger partial charge on any atom is -0.485 e. The van der Waals surface area contributed by atoms with Crippen LogP contribution in [0.15, 0.2) is 36.4 Å². The maximum Gasteiger partial charge on any atom is 0.142 e. The first-order chi connectivity index (χ1) is 8.69. The Bertz CT molecular complexity index is 417. The van der Waals surface area contributed by atoms with Crippen LogP contribution in [-0.4, -0.2) is 37.2 Å². The fourth-order valence-corrected chi connectivity index (χ4v) is 2.24. The lowest BCUT2D eigenvalue weighted by atomic mass is 10.2. The van der Waals surface area contributed by atoms with Crippen LogP contribution in [0.2, 0.25) is 0 Å². The monoisotopic (exact) mass is 246 g/mol. The molecule has 2 rings (SSSR count). The van der Waals surface area contributed by atoms with Crippen LogP contribution >= 0.6 is 0 Å². The lowest BCUT2D eigenvalue weighted by molar-refractivity contribution is 0.145. The predicted octanol–water partition coefficient (Wildman–Crippen LogP) is 2.76. The summed E-state index contributed by atoms with van der Waals surface area (Å²) >= 11 is 0. The van der Waals surface area contributed by atoms with Crippen molar-refractivity contribution in [3.05, 3.63) is 36.4 Å². The molecule has 1 aliphatic heterocycles. The number of nitrogens with one attached hydrogen (secondary N) is 1. The smallest absolute Gasteiger partial charge is 0.142 e. The zero-order valence-corrected chi connectivity index (χ0v) is 11.3.